The van der Waals surface area contributed by atoms with Gasteiger partial charge < -0.3 is 5.11 Å². The first-order valence-electron chi connectivity index (χ1n) is 6.43. The molecule has 0 fully saturated rings. The van der Waals surface area contributed by atoms with Crippen LogP contribution in [0.4, 0.5) is 0 Å². The maximum atomic E-state index is 10.6. The predicted octanol–water partition coefficient (Wildman–Crippen LogP) is 3.70. The number of aryl methyl sites for hydroxylation is 1. The molecule has 0 aliphatic heterocycles. The van der Waals surface area contributed by atoms with Crippen molar-refractivity contribution in [3.05, 3.63) is 63.0 Å². The third kappa shape index (κ3) is 3.76. The monoisotopic (exact) mass is 367 g/mol. The Morgan fingerprint density at radius 1 is 1.16 bits per heavy atom. The molecule has 0 saturated carbocycles. The average molecular weight is 367 g/mol. The second kappa shape index (κ2) is 6.01. The molecule has 1 aromatic heterocycles. The largest absolute Gasteiger partial charge is 0.385 e. The van der Waals surface area contributed by atoms with Crippen LogP contribution in [0.15, 0.2) is 42.6 Å². The lowest BCUT2D eigenvalue weighted by Gasteiger charge is -2.23. The lowest BCUT2D eigenvalue weighted by Crippen LogP contribution is -2.24. The van der Waals surface area contributed by atoms with E-state index in [4.69, 9.17) is 0 Å². The number of hydrogen-bond acceptors (Lipinski definition) is 2. The molecular weight excluding hydrogens is 349 g/mol. The summed E-state index contributed by atoms with van der Waals surface area (Å²) >= 11 is 2.26. The van der Waals surface area contributed by atoms with E-state index in [2.05, 4.69) is 40.6 Å². The van der Waals surface area contributed by atoms with Gasteiger partial charge in [-0.2, -0.15) is 0 Å². The number of aliphatic hydroxyl groups is 1. The van der Waals surface area contributed by atoms with Crippen molar-refractivity contribution in [2.45, 2.75) is 32.3 Å². The van der Waals surface area contributed by atoms with E-state index in [1.54, 1.807) is 0 Å². The van der Waals surface area contributed by atoms with E-state index in [9.17, 15) is 5.11 Å². The summed E-state index contributed by atoms with van der Waals surface area (Å²) in [7, 11) is 0. The first-order chi connectivity index (χ1) is 9.01. The Morgan fingerprint density at radius 3 is 2.37 bits per heavy atom. The van der Waals surface area contributed by atoms with E-state index in [1.807, 2.05) is 43.5 Å². The lowest BCUT2D eigenvalue weighted by molar-refractivity contribution is 0.0566. The topological polar surface area (TPSA) is 33.1 Å². The summed E-state index contributed by atoms with van der Waals surface area (Å²) in [5, 5.41) is 10.6. The van der Waals surface area contributed by atoms with Crippen LogP contribution in [-0.2, 0) is 18.4 Å². The van der Waals surface area contributed by atoms with E-state index in [-0.39, 0.29) is 0 Å². The molecule has 19 heavy (non-hydrogen) atoms. The Kier molecular flexibility index (Phi) is 4.58. The van der Waals surface area contributed by atoms with Gasteiger partial charge in [0.15, 0.2) is 0 Å². The van der Waals surface area contributed by atoms with Crippen LogP contribution in [0.3, 0.4) is 0 Å². The Balaban J connectivity index is 2.17. The summed E-state index contributed by atoms with van der Waals surface area (Å²) in [6, 6.07) is 12.0. The number of aromatic nitrogens is 1. The van der Waals surface area contributed by atoms with E-state index in [1.165, 1.54) is 9.13 Å². The molecule has 0 bridgehead atoms. The van der Waals surface area contributed by atoms with Crippen molar-refractivity contribution in [2.75, 3.05) is 0 Å². The average Bonchev–Trinajstić information content (AvgIpc) is 2.40. The summed E-state index contributed by atoms with van der Waals surface area (Å²) in [5.41, 5.74) is 2.18. The molecule has 0 aliphatic carbocycles. The third-order valence-corrected chi connectivity index (χ3v) is 4.00. The molecular formula is C16H18INO. The fourth-order valence-corrected chi connectivity index (χ4v) is 2.39. The number of halogens is 1. The molecule has 100 valence electrons. The molecule has 0 radical (unpaired) electrons. The molecule has 0 amide bonds. The number of nitrogens with zero attached hydrogens (tertiary/aromatic N) is 1. The molecule has 1 unspecified atom stereocenters. The van der Waals surface area contributed by atoms with Gasteiger partial charge in [0, 0.05) is 21.9 Å². The van der Waals surface area contributed by atoms with Crippen LogP contribution < -0.4 is 0 Å². The van der Waals surface area contributed by atoms with Gasteiger partial charge in [0.25, 0.3) is 0 Å². The minimum atomic E-state index is -0.884. The van der Waals surface area contributed by atoms with E-state index < -0.39 is 5.60 Å². The fraction of sp³-hybridized carbons (Fsp3) is 0.312. The summed E-state index contributed by atoms with van der Waals surface area (Å²) in [6.07, 6.45) is 3.40. The molecule has 0 aliphatic rings. The van der Waals surface area contributed by atoms with Gasteiger partial charge in [0.1, 0.15) is 0 Å². The van der Waals surface area contributed by atoms with Gasteiger partial charge in [-0.05, 0) is 65.3 Å². The van der Waals surface area contributed by atoms with Crippen molar-refractivity contribution in [1.82, 2.24) is 4.98 Å². The fourth-order valence-electron chi connectivity index (χ4n) is 2.03. The number of rotatable bonds is 4. The predicted molar refractivity (Wildman–Crippen MR) is 86.0 cm³/mol. The van der Waals surface area contributed by atoms with Crippen molar-refractivity contribution in [3.8, 4) is 0 Å². The second-order valence-corrected chi connectivity index (χ2v) is 6.21. The van der Waals surface area contributed by atoms with E-state index >= 15 is 0 Å². The minimum absolute atomic E-state index is 0.525. The van der Waals surface area contributed by atoms with Gasteiger partial charge >= 0.3 is 0 Å². The van der Waals surface area contributed by atoms with Crippen LogP contribution in [0.1, 0.15) is 30.7 Å². The first kappa shape index (κ1) is 14.5. The van der Waals surface area contributed by atoms with Gasteiger partial charge in [-0.3, -0.25) is 4.98 Å². The highest BCUT2D eigenvalue weighted by Gasteiger charge is 2.24. The number of hydrogen-bond donors (Lipinski definition) is 1. The maximum Gasteiger partial charge on any atom is 0.0923 e. The Morgan fingerprint density at radius 2 is 1.84 bits per heavy atom. The number of benzene rings is 1. The van der Waals surface area contributed by atoms with Crippen molar-refractivity contribution < 1.29 is 5.11 Å². The molecule has 1 aromatic carbocycles. The van der Waals surface area contributed by atoms with Crippen molar-refractivity contribution in [1.29, 1.82) is 0 Å². The summed E-state index contributed by atoms with van der Waals surface area (Å²) in [5.74, 6) is 0. The quantitative estimate of drug-likeness (QED) is 0.836. The highest BCUT2D eigenvalue weighted by atomic mass is 127. The summed E-state index contributed by atoms with van der Waals surface area (Å²) in [6.45, 7) is 3.95. The highest BCUT2D eigenvalue weighted by molar-refractivity contribution is 14.1. The smallest absolute Gasteiger partial charge is 0.0923 e. The van der Waals surface area contributed by atoms with Crippen molar-refractivity contribution >= 4 is 22.6 Å². The summed E-state index contributed by atoms with van der Waals surface area (Å²) in [4.78, 5) is 4.42. The molecule has 2 aromatic rings. The standard InChI is InChI=1S/C16H18INO/c1-3-12-4-9-15(18-11-12)10-16(2,19)13-5-7-14(17)8-6-13/h4-9,11,19H,3,10H2,1-2H3. The molecule has 3 heteroatoms. The van der Waals surface area contributed by atoms with E-state index in [0.29, 0.717) is 6.42 Å². The molecule has 1 atom stereocenters. The van der Waals surface area contributed by atoms with E-state index in [0.717, 1.165) is 17.7 Å². The van der Waals surface area contributed by atoms with Crippen LogP contribution in [-0.4, -0.2) is 10.1 Å². The second-order valence-electron chi connectivity index (χ2n) is 4.97. The number of pyridine rings is 1. The lowest BCUT2D eigenvalue weighted by atomic mass is 9.91. The van der Waals surface area contributed by atoms with Crippen LogP contribution in [0, 0.1) is 3.57 Å². The van der Waals surface area contributed by atoms with Gasteiger partial charge in [-0.1, -0.05) is 25.1 Å². The molecule has 0 spiro atoms. The van der Waals surface area contributed by atoms with Gasteiger partial charge in [0.05, 0.1) is 5.60 Å². The minimum Gasteiger partial charge on any atom is -0.385 e. The van der Waals surface area contributed by atoms with Gasteiger partial charge in [-0.25, -0.2) is 0 Å². The van der Waals surface area contributed by atoms with Gasteiger partial charge in [-0.15, -0.1) is 0 Å². The summed E-state index contributed by atoms with van der Waals surface area (Å²) < 4.78 is 1.17. The third-order valence-electron chi connectivity index (χ3n) is 3.29. The molecule has 1 N–H and O–H groups in total. The molecule has 2 rings (SSSR count). The normalized spacial score (nSPS) is 14.1. The Labute approximate surface area is 128 Å². The SMILES string of the molecule is CCc1ccc(CC(C)(O)c2ccc(I)cc2)nc1. The molecule has 1 heterocycles. The van der Waals surface area contributed by atoms with Crippen LogP contribution in [0.2, 0.25) is 0 Å². The Hall–Kier alpha value is -0.940. The van der Waals surface area contributed by atoms with Crippen LogP contribution in [0.5, 0.6) is 0 Å². The zero-order valence-electron chi connectivity index (χ0n) is 11.2. The zero-order valence-corrected chi connectivity index (χ0v) is 13.4. The van der Waals surface area contributed by atoms with Crippen molar-refractivity contribution in [3.63, 3.8) is 0 Å². The van der Waals surface area contributed by atoms with Crippen molar-refractivity contribution in [2.24, 2.45) is 0 Å². The van der Waals surface area contributed by atoms with Gasteiger partial charge in [0.2, 0.25) is 0 Å². The van der Waals surface area contributed by atoms with Crippen LogP contribution >= 0.6 is 22.6 Å². The van der Waals surface area contributed by atoms with Crippen LogP contribution in [0.25, 0.3) is 0 Å². The maximum absolute atomic E-state index is 10.6. The highest BCUT2D eigenvalue weighted by Crippen LogP contribution is 2.25. The first-order valence-corrected chi connectivity index (χ1v) is 7.51. The molecule has 2 nitrogen and oxygen atoms in total. The zero-order chi connectivity index (χ0) is 13.9. The Bertz CT molecular complexity index is 532. The molecule has 0 saturated heterocycles.